The standard InChI is InChI=1S/C22H20FNO6S/c1-3-16(21(26)27)30-17-10-9-13(11-18(17)29-4-2)12-19-20(25)24(22(28)31-19)15-8-6-5-7-14(15)23/h5-12,16H,3-4H2,1-2H3,(H,26,27)/b19-12+. The largest absolute Gasteiger partial charge is 0.490 e. The van der Waals surface area contributed by atoms with Gasteiger partial charge in [-0.3, -0.25) is 9.59 Å². The van der Waals surface area contributed by atoms with Crippen molar-refractivity contribution in [3.63, 3.8) is 0 Å². The summed E-state index contributed by atoms with van der Waals surface area (Å²) in [4.78, 5) is 37.3. The number of carboxylic acid groups (broad SMARTS) is 1. The van der Waals surface area contributed by atoms with Crippen molar-refractivity contribution in [2.75, 3.05) is 11.5 Å². The first-order valence-electron chi connectivity index (χ1n) is 9.54. The Hall–Kier alpha value is -3.33. The molecule has 1 saturated heterocycles. The number of ether oxygens (including phenoxy) is 2. The van der Waals surface area contributed by atoms with Gasteiger partial charge in [0.2, 0.25) is 0 Å². The first kappa shape index (κ1) is 22.4. The molecular formula is C22H20FNO6S. The predicted octanol–water partition coefficient (Wildman–Crippen LogP) is 4.71. The number of carbonyl (C=O) groups excluding carboxylic acids is 2. The van der Waals surface area contributed by atoms with Crippen LogP contribution in [-0.4, -0.2) is 34.9 Å². The molecule has 1 aliphatic rings. The van der Waals surface area contributed by atoms with Crippen molar-refractivity contribution in [3.05, 3.63) is 58.8 Å². The van der Waals surface area contributed by atoms with Gasteiger partial charge in [-0.25, -0.2) is 14.1 Å². The van der Waals surface area contributed by atoms with E-state index in [1.165, 1.54) is 24.3 Å². The van der Waals surface area contributed by atoms with E-state index in [-0.39, 0.29) is 22.8 Å². The predicted molar refractivity (Wildman–Crippen MR) is 115 cm³/mol. The highest BCUT2D eigenvalue weighted by atomic mass is 32.2. The summed E-state index contributed by atoms with van der Waals surface area (Å²) in [6, 6.07) is 10.3. The van der Waals surface area contributed by atoms with Crippen LogP contribution in [-0.2, 0) is 9.59 Å². The average molecular weight is 445 g/mol. The molecule has 0 aromatic heterocycles. The quantitative estimate of drug-likeness (QED) is 0.588. The van der Waals surface area contributed by atoms with Crippen molar-refractivity contribution in [1.82, 2.24) is 0 Å². The van der Waals surface area contributed by atoms with Gasteiger partial charge in [0.1, 0.15) is 5.82 Å². The van der Waals surface area contributed by atoms with Crippen LogP contribution in [0, 0.1) is 5.82 Å². The Balaban J connectivity index is 1.90. The summed E-state index contributed by atoms with van der Waals surface area (Å²) in [7, 11) is 0. The number of carbonyl (C=O) groups is 3. The van der Waals surface area contributed by atoms with E-state index < -0.39 is 29.0 Å². The number of nitrogens with zero attached hydrogens (tertiary/aromatic N) is 1. The second-order valence-corrected chi connectivity index (χ2v) is 7.45. The molecule has 1 unspecified atom stereocenters. The lowest BCUT2D eigenvalue weighted by Crippen LogP contribution is -2.28. The molecule has 9 heteroatoms. The van der Waals surface area contributed by atoms with Gasteiger partial charge in [-0.15, -0.1) is 0 Å². The van der Waals surface area contributed by atoms with Gasteiger partial charge in [-0.2, -0.15) is 0 Å². The minimum Gasteiger partial charge on any atom is -0.490 e. The molecule has 2 aromatic carbocycles. The third-order valence-corrected chi connectivity index (χ3v) is 5.24. The van der Waals surface area contributed by atoms with E-state index in [1.54, 1.807) is 38.1 Å². The van der Waals surface area contributed by atoms with Gasteiger partial charge >= 0.3 is 5.97 Å². The number of imide groups is 1. The maximum Gasteiger partial charge on any atom is 0.344 e. The smallest absolute Gasteiger partial charge is 0.344 e. The molecular weight excluding hydrogens is 425 g/mol. The molecule has 7 nitrogen and oxygen atoms in total. The number of anilines is 1. The van der Waals surface area contributed by atoms with Crippen LogP contribution in [0.5, 0.6) is 11.5 Å². The van der Waals surface area contributed by atoms with Crippen molar-refractivity contribution in [2.45, 2.75) is 26.4 Å². The van der Waals surface area contributed by atoms with Gasteiger partial charge in [-0.1, -0.05) is 25.1 Å². The molecule has 2 aromatic rings. The summed E-state index contributed by atoms with van der Waals surface area (Å²) in [6.45, 7) is 3.78. The Morgan fingerprint density at radius 2 is 1.94 bits per heavy atom. The van der Waals surface area contributed by atoms with Crippen LogP contribution in [0.4, 0.5) is 14.9 Å². The third-order valence-electron chi connectivity index (χ3n) is 4.37. The molecule has 0 radical (unpaired) electrons. The van der Waals surface area contributed by atoms with Crippen LogP contribution in [0.15, 0.2) is 47.4 Å². The minimum absolute atomic E-state index is 0.105. The molecule has 1 aliphatic heterocycles. The van der Waals surface area contributed by atoms with Crippen molar-refractivity contribution >= 4 is 40.6 Å². The maximum atomic E-state index is 14.1. The Kier molecular flexibility index (Phi) is 6.96. The summed E-state index contributed by atoms with van der Waals surface area (Å²) in [5.74, 6) is -1.82. The fourth-order valence-corrected chi connectivity index (χ4v) is 3.74. The fraction of sp³-hybridized carbons (Fsp3) is 0.227. The normalized spacial score (nSPS) is 16.0. The van der Waals surface area contributed by atoms with Gasteiger partial charge in [-0.05, 0) is 61.0 Å². The number of carboxylic acids is 1. The number of hydrogen-bond donors (Lipinski definition) is 1. The number of hydrogen-bond acceptors (Lipinski definition) is 6. The summed E-state index contributed by atoms with van der Waals surface area (Å²) < 4.78 is 25.2. The number of thioether (sulfide) groups is 1. The lowest BCUT2D eigenvalue weighted by atomic mass is 10.1. The van der Waals surface area contributed by atoms with E-state index in [9.17, 15) is 23.9 Å². The fourth-order valence-electron chi connectivity index (χ4n) is 2.90. The lowest BCUT2D eigenvalue weighted by molar-refractivity contribution is -0.145. The van der Waals surface area contributed by atoms with E-state index in [2.05, 4.69) is 0 Å². The highest BCUT2D eigenvalue weighted by Crippen LogP contribution is 2.38. The lowest BCUT2D eigenvalue weighted by Gasteiger charge is -2.17. The SMILES string of the molecule is CCOc1cc(/C=C2/SC(=O)N(c3ccccc3F)C2=O)ccc1OC(CC)C(=O)O. The summed E-state index contributed by atoms with van der Waals surface area (Å²) in [5, 5.41) is 8.61. The monoisotopic (exact) mass is 445 g/mol. The average Bonchev–Trinajstić information content (AvgIpc) is 3.01. The van der Waals surface area contributed by atoms with Gasteiger partial charge in [0.15, 0.2) is 17.6 Å². The van der Waals surface area contributed by atoms with Crippen LogP contribution in [0.2, 0.25) is 0 Å². The van der Waals surface area contributed by atoms with E-state index in [4.69, 9.17) is 9.47 Å². The highest BCUT2D eigenvalue weighted by molar-refractivity contribution is 8.19. The highest BCUT2D eigenvalue weighted by Gasteiger charge is 2.37. The van der Waals surface area contributed by atoms with Crippen molar-refractivity contribution in [3.8, 4) is 11.5 Å². The molecule has 1 atom stereocenters. The molecule has 31 heavy (non-hydrogen) atoms. The number of rotatable bonds is 8. The second-order valence-electron chi connectivity index (χ2n) is 6.46. The summed E-state index contributed by atoms with van der Waals surface area (Å²) >= 11 is 0.704. The zero-order valence-electron chi connectivity index (χ0n) is 16.8. The maximum absolute atomic E-state index is 14.1. The number of benzene rings is 2. The van der Waals surface area contributed by atoms with Crippen LogP contribution >= 0.6 is 11.8 Å². The first-order valence-corrected chi connectivity index (χ1v) is 10.4. The summed E-state index contributed by atoms with van der Waals surface area (Å²) in [6.07, 6.45) is 0.737. The van der Waals surface area contributed by atoms with Crippen molar-refractivity contribution in [2.24, 2.45) is 0 Å². The number of halogens is 1. The van der Waals surface area contributed by atoms with Crippen molar-refractivity contribution in [1.29, 1.82) is 0 Å². The molecule has 0 saturated carbocycles. The Morgan fingerprint density at radius 1 is 1.19 bits per heavy atom. The number of aliphatic carboxylic acids is 1. The molecule has 2 amide bonds. The van der Waals surface area contributed by atoms with Gasteiger partial charge < -0.3 is 14.6 Å². The minimum atomic E-state index is -1.09. The molecule has 162 valence electrons. The zero-order chi connectivity index (χ0) is 22.5. The van der Waals surface area contributed by atoms with Crippen LogP contribution in [0.3, 0.4) is 0 Å². The Morgan fingerprint density at radius 3 is 2.58 bits per heavy atom. The topological polar surface area (TPSA) is 93.1 Å². The van der Waals surface area contributed by atoms with Crippen LogP contribution in [0.1, 0.15) is 25.8 Å². The van der Waals surface area contributed by atoms with Gasteiger partial charge in [0, 0.05) is 0 Å². The Bertz CT molecular complexity index is 1050. The molecule has 0 aliphatic carbocycles. The van der Waals surface area contributed by atoms with E-state index in [0.29, 0.717) is 29.7 Å². The van der Waals surface area contributed by atoms with Crippen molar-refractivity contribution < 1.29 is 33.4 Å². The molecule has 3 rings (SSSR count). The number of para-hydroxylation sites is 1. The zero-order valence-corrected chi connectivity index (χ0v) is 17.6. The van der Waals surface area contributed by atoms with Crippen LogP contribution < -0.4 is 14.4 Å². The molecule has 0 bridgehead atoms. The Labute approximate surface area is 182 Å². The molecule has 1 fully saturated rings. The third kappa shape index (κ3) is 4.88. The van der Waals surface area contributed by atoms with E-state index in [1.807, 2.05) is 0 Å². The van der Waals surface area contributed by atoms with E-state index in [0.717, 1.165) is 4.90 Å². The second kappa shape index (κ2) is 9.65. The molecule has 0 spiro atoms. The number of amides is 2. The molecule has 1 N–H and O–H groups in total. The van der Waals surface area contributed by atoms with Gasteiger partial charge in [0.25, 0.3) is 11.1 Å². The van der Waals surface area contributed by atoms with Crippen LogP contribution in [0.25, 0.3) is 6.08 Å². The van der Waals surface area contributed by atoms with Gasteiger partial charge in [0.05, 0.1) is 17.2 Å². The first-order chi connectivity index (χ1) is 14.8. The summed E-state index contributed by atoms with van der Waals surface area (Å²) in [5.41, 5.74) is 0.435. The molecule has 1 heterocycles. The van der Waals surface area contributed by atoms with E-state index >= 15 is 0 Å².